The molecule has 2 aromatic rings. The molecule has 0 atom stereocenters. The van der Waals surface area contributed by atoms with Crippen LogP contribution in [0.5, 0.6) is 0 Å². The van der Waals surface area contributed by atoms with Gasteiger partial charge < -0.3 is 9.15 Å². The molecule has 3 nitrogen and oxygen atoms in total. The van der Waals surface area contributed by atoms with E-state index in [1.807, 2.05) is 18.2 Å². The number of unbranched alkanes of at least 4 members (excludes halogenated alkanes) is 3. The first-order chi connectivity index (χ1) is 9.24. The van der Waals surface area contributed by atoms with Gasteiger partial charge in [-0.2, -0.15) is 0 Å². The van der Waals surface area contributed by atoms with Crippen molar-refractivity contribution in [1.29, 1.82) is 0 Å². The summed E-state index contributed by atoms with van der Waals surface area (Å²) >= 11 is 0. The van der Waals surface area contributed by atoms with E-state index >= 15 is 0 Å². The molecule has 3 heteroatoms. The van der Waals surface area contributed by atoms with Crippen LogP contribution in [0.25, 0.3) is 11.0 Å². The van der Waals surface area contributed by atoms with Crippen molar-refractivity contribution in [3.63, 3.8) is 0 Å². The Morgan fingerprint density at radius 2 is 2.05 bits per heavy atom. The minimum absolute atomic E-state index is 0.312. The highest BCUT2D eigenvalue weighted by atomic mass is 16.5. The highest BCUT2D eigenvalue weighted by molar-refractivity contribution is 5.94. The largest absolute Gasteiger partial charge is 0.465 e. The Bertz CT molecular complexity index is 554. The van der Waals surface area contributed by atoms with Crippen molar-refractivity contribution in [2.45, 2.75) is 39.0 Å². The Hall–Kier alpha value is -1.77. The molecule has 0 unspecified atom stereocenters. The van der Waals surface area contributed by atoms with Crippen LogP contribution in [0.15, 0.2) is 28.7 Å². The Morgan fingerprint density at radius 1 is 1.21 bits per heavy atom. The van der Waals surface area contributed by atoms with Gasteiger partial charge in [-0.15, -0.1) is 0 Å². The summed E-state index contributed by atoms with van der Waals surface area (Å²) in [5, 5.41) is 0.966. The van der Waals surface area contributed by atoms with Crippen molar-refractivity contribution < 1.29 is 13.9 Å². The van der Waals surface area contributed by atoms with Gasteiger partial charge in [0, 0.05) is 11.8 Å². The van der Waals surface area contributed by atoms with Crippen LogP contribution in [0.3, 0.4) is 0 Å². The summed E-state index contributed by atoms with van der Waals surface area (Å²) in [6.07, 6.45) is 5.86. The molecule has 102 valence electrons. The smallest absolute Gasteiger partial charge is 0.337 e. The quantitative estimate of drug-likeness (QED) is 0.573. The van der Waals surface area contributed by atoms with Crippen LogP contribution in [0, 0.1) is 0 Å². The van der Waals surface area contributed by atoms with E-state index < -0.39 is 0 Å². The average Bonchev–Trinajstić information content (AvgIpc) is 2.84. The second-order valence-electron chi connectivity index (χ2n) is 4.77. The molecule has 0 N–H and O–H groups in total. The molecule has 0 saturated carbocycles. The Labute approximate surface area is 113 Å². The molecule has 0 amide bonds. The van der Waals surface area contributed by atoms with Crippen molar-refractivity contribution in [2.75, 3.05) is 7.11 Å². The lowest BCUT2D eigenvalue weighted by molar-refractivity contribution is 0.0601. The van der Waals surface area contributed by atoms with Crippen LogP contribution in [0.4, 0.5) is 0 Å². The summed E-state index contributed by atoms with van der Waals surface area (Å²) in [6.45, 7) is 2.20. The zero-order valence-corrected chi connectivity index (χ0v) is 11.6. The maximum Gasteiger partial charge on any atom is 0.337 e. The molecular weight excluding hydrogens is 240 g/mol. The summed E-state index contributed by atoms with van der Waals surface area (Å²) in [7, 11) is 1.39. The number of hydrogen-bond donors (Lipinski definition) is 0. The third-order valence-corrected chi connectivity index (χ3v) is 3.27. The minimum Gasteiger partial charge on any atom is -0.465 e. The van der Waals surface area contributed by atoms with Crippen LogP contribution in [-0.4, -0.2) is 13.1 Å². The molecule has 1 aromatic carbocycles. The fourth-order valence-electron chi connectivity index (χ4n) is 2.19. The van der Waals surface area contributed by atoms with Gasteiger partial charge >= 0.3 is 5.97 Å². The molecule has 0 spiro atoms. The zero-order chi connectivity index (χ0) is 13.7. The van der Waals surface area contributed by atoms with Gasteiger partial charge in [0.1, 0.15) is 11.3 Å². The fourth-order valence-corrected chi connectivity index (χ4v) is 2.19. The number of ether oxygens (including phenoxy) is 1. The number of hydrogen-bond acceptors (Lipinski definition) is 3. The van der Waals surface area contributed by atoms with Crippen molar-refractivity contribution in [3.05, 3.63) is 35.6 Å². The molecule has 0 fully saturated rings. The molecular formula is C16H20O3. The number of carbonyl (C=O) groups excluding carboxylic acids is 1. The molecule has 0 aliphatic rings. The molecule has 0 aliphatic carbocycles. The van der Waals surface area contributed by atoms with Crippen LogP contribution < -0.4 is 0 Å². The monoisotopic (exact) mass is 260 g/mol. The van der Waals surface area contributed by atoms with E-state index in [-0.39, 0.29) is 5.97 Å². The molecule has 1 heterocycles. The summed E-state index contributed by atoms with van der Waals surface area (Å²) in [5.41, 5.74) is 1.39. The number of furan rings is 1. The van der Waals surface area contributed by atoms with E-state index in [0.29, 0.717) is 5.56 Å². The number of benzene rings is 1. The number of rotatable bonds is 6. The van der Waals surface area contributed by atoms with Gasteiger partial charge in [0.25, 0.3) is 0 Å². The summed E-state index contributed by atoms with van der Waals surface area (Å²) in [5.74, 6) is 0.681. The average molecular weight is 260 g/mol. The SMILES string of the molecule is CCCCCCc1cc2cc(C(=O)OC)ccc2o1. The highest BCUT2D eigenvalue weighted by Gasteiger charge is 2.09. The molecule has 0 radical (unpaired) electrons. The number of aryl methyl sites for hydroxylation is 1. The summed E-state index contributed by atoms with van der Waals surface area (Å²) < 4.78 is 10.5. The number of methoxy groups -OCH3 is 1. The Kier molecular flexibility index (Phi) is 4.61. The number of esters is 1. The van der Waals surface area contributed by atoms with Crippen LogP contribution in [0.2, 0.25) is 0 Å². The van der Waals surface area contributed by atoms with Gasteiger partial charge in [-0.1, -0.05) is 26.2 Å². The maximum atomic E-state index is 11.5. The third-order valence-electron chi connectivity index (χ3n) is 3.27. The molecule has 19 heavy (non-hydrogen) atoms. The van der Waals surface area contributed by atoms with Crippen LogP contribution in [0.1, 0.15) is 48.7 Å². The second-order valence-corrected chi connectivity index (χ2v) is 4.77. The second kappa shape index (κ2) is 6.41. The van der Waals surface area contributed by atoms with E-state index in [2.05, 4.69) is 6.92 Å². The number of carbonyl (C=O) groups is 1. The van der Waals surface area contributed by atoms with E-state index in [0.717, 1.165) is 29.6 Å². The lowest BCUT2D eigenvalue weighted by Crippen LogP contribution is -1.99. The standard InChI is InChI=1S/C16H20O3/c1-3-4-5-6-7-14-11-13-10-12(16(17)18-2)8-9-15(13)19-14/h8-11H,3-7H2,1-2H3. The van der Waals surface area contributed by atoms with E-state index in [4.69, 9.17) is 9.15 Å². The fraction of sp³-hybridized carbons (Fsp3) is 0.438. The summed E-state index contributed by atoms with van der Waals surface area (Å²) in [6, 6.07) is 7.41. The minimum atomic E-state index is -0.312. The summed E-state index contributed by atoms with van der Waals surface area (Å²) in [4.78, 5) is 11.5. The first-order valence-electron chi connectivity index (χ1n) is 6.85. The van der Waals surface area contributed by atoms with Gasteiger partial charge in [-0.25, -0.2) is 4.79 Å². The molecule has 0 aliphatic heterocycles. The third kappa shape index (κ3) is 3.37. The lowest BCUT2D eigenvalue weighted by atomic mass is 10.1. The first kappa shape index (κ1) is 13.7. The van der Waals surface area contributed by atoms with Crippen molar-refractivity contribution >= 4 is 16.9 Å². The predicted octanol–water partition coefficient (Wildman–Crippen LogP) is 4.34. The van der Waals surface area contributed by atoms with Crippen molar-refractivity contribution in [3.8, 4) is 0 Å². The Morgan fingerprint density at radius 3 is 2.79 bits per heavy atom. The highest BCUT2D eigenvalue weighted by Crippen LogP contribution is 2.22. The Balaban J connectivity index is 2.09. The van der Waals surface area contributed by atoms with E-state index in [1.54, 1.807) is 6.07 Å². The molecule has 2 rings (SSSR count). The molecule has 0 saturated heterocycles. The van der Waals surface area contributed by atoms with Crippen LogP contribution >= 0.6 is 0 Å². The van der Waals surface area contributed by atoms with Gasteiger partial charge in [0.15, 0.2) is 0 Å². The van der Waals surface area contributed by atoms with E-state index in [1.165, 1.54) is 26.4 Å². The van der Waals surface area contributed by atoms with Crippen LogP contribution in [-0.2, 0) is 11.2 Å². The first-order valence-corrected chi connectivity index (χ1v) is 6.85. The van der Waals surface area contributed by atoms with Crippen molar-refractivity contribution in [2.24, 2.45) is 0 Å². The lowest BCUT2D eigenvalue weighted by Gasteiger charge is -1.97. The van der Waals surface area contributed by atoms with Gasteiger partial charge in [-0.05, 0) is 30.7 Å². The molecule has 1 aromatic heterocycles. The van der Waals surface area contributed by atoms with Gasteiger partial charge in [-0.3, -0.25) is 0 Å². The zero-order valence-electron chi connectivity index (χ0n) is 11.6. The maximum absolute atomic E-state index is 11.5. The van der Waals surface area contributed by atoms with Gasteiger partial charge in [0.2, 0.25) is 0 Å². The van der Waals surface area contributed by atoms with Gasteiger partial charge in [0.05, 0.1) is 12.7 Å². The molecule has 0 bridgehead atoms. The number of fused-ring (bicyclic) bond motifs is 1. The predicted molar refractivity (Wildman–Crippen MR) is 75.4 cm³/mol. The van der Waals surface area contributed by atoms with E-state index in [9.17, 15) is 4.79 Å². The normalized spacial score (nSPS) is 10.8. The topological polar surface area (TPSA) is 39.4 Å². The van der Waals surface area contributed by atoms with Crippen molar-refractivity contribution in [1.82, 2.24) is 0 Å².